The highest BCUT2D eigenvalue weighted by atomic mass is 32.2. The Morgan fingerprint density at radius 2 is 1.24 bits per heavy atom. The van der Waals surface area contributed by atoms with Crippen LogP contribution in [0.5, 0.6) is 11.5 Å². The second-order valence-corrected chi connectivity index (χ2v) is 11.7. The third-order valence-electron chi connectivity index (χ3n) is 6.70. The molecule has 3 aromatic rings. The van der Waals surface area contributed by atoms with E-state index in [1.54, 1.807) is 48.5 Å². The molecular weight excluding hydrogens is 616 g/mol. The lowest BCUT2D eigenvalue weighted by Gasteiger charge is -2.43. The van der Waals surface area contributed by atoms with Gasteiger partial charge >= 0.3 is 29.8 Å². The molecule has 0 N–H and O–H groups in total. The van der Waals surface area contributed by atoms with Crippen LogP contribution in [0.15, 0.2) is 78.9 Å². The Morgan fingerprint density at radius 1 is 0.652 bits per heavy atom. The Kier molecular flexibility index (Phi) is 11.8. The Hall–Kier alpha value is -4.84. The summed E-state index contributed by atoms with van der Waals surface area (Å²) in [7, 11) is 0. The van der Waals surface area contributed by atoms with Gasteiger partial charge in [-0.3, -0.25) is 19.2 Å². The van der Waals surface area contributed by atoms with Gasteiger partial charge in [-0.05, 0) is 41.5 Å². The van der Waals surface area contributed by atoms with Gasteiger partial charge in [0.05, 0.1) is 10.8 Å². The number of carbonyl (C=O) groups is 5. The SMILES string of the molecule is CC(=O)OC[C@H]1S[C@@H](Oc2ccccc2Cc2ccc(OC(=O)c3ccccc3)cc2)[C@H](OC(C)=O)[C@@H](OC(C)=O)[C@@H]1OC(C)=O. The van der Waals surface area contributed by atoms with Crippen molar-refractivity contribution in [3.8, 4) is 11.5 Å². The third kappa shape index (κ3) is 9.58. The monoisotopic (exact) mass is 650 g/mol. The Bertz CT molecular complexity index is 1540. The molecule has 0 bridgehead atoms. The minimum absolute atomic E-state index is 0.189. The molecule has 0 spiro atoms. The summed E-state index contributed by atoms with van der Waals surface area (Å²) >= 11 is 1.13. The van der Waals surface area contributed by atoms with Gasteiger partial charge in [-0.25, -0.2) is 4.79 Å². The zero-order valence-electron chi connectivity index (χ0n) is 25.7. The van der Waals surface area contributed by atoms with Gasteiger partial charge in [0, 0.05) is 34.1 Å². The van der Waals surface area contributed by atoms with Crippen molar-refractivity contribution in [2.24, 2.45) is 0 Å². The Morgan fingerprint density at radius 3 is 1.87 bits per heavy atom. The molecule has 1 fully saturated rings. The average molecular weight is 651 g/mol. The van der Waals surface area contributed by atoms with Crippen LogP contribution < -0.4 is 9.47 Å². The van der Waals surface area contributed by atoms with Crippen molar-refractivity contribution < 1.29 is 52.4 Å². The van der Waals surface area contributed by atoms with E-state index in [4.69, 9.17) is 28.4 Å². The van der Waals surface area contributed by atoms with Crippen LogP contribution >= 0.6 is 11.8 Å². The Labute approximate surface area is 270 Å². The number of carbonyl (C=O) groups excluding carboxylic acids is 5. The standard InChI is InChI=1S/C34H34O11S/c1-20(35)40-19-29-30(41-21(2)36)31(42-22(3)37)32(43-23(4)38)34(46-29)45-28-13-9-8-12-26(28)18-24-14-16-27(17-15-24)44-33(39)25-10-6-5-7-11-25/h5-17,29-32,34H,18-19H2,1-4H3/t29-,30-,31+,32-,34-/m1/s1. The molecule has 0 radical (unpaired) electrons. The second-order valence-electron chi connectivity index (χ2n) is 10.4. The third-order valence-corrected chi connectivity index (χ3v) is 8.09. The minimum atomic E-state index is -1.25. The first-order chi connectivity index (χ1) is 22.0. The quantitative estimate of drug-likeness (QED) is 0.162. The smallest absolute Gasteiger partial charge is 0.343 e. The van der Waals surface area contributed by atoms with E-state index in [1.165, 1.54) is 27.7 Å². The van der Waals surface area contributed by atoms with Gasteiger partial charge in [-0.1, -0.05) is 48.5 Å². The normalized spacial score (nSPS) is 20.5. The van der Waals surface area contributed by atoms with Crippen molar-refractivity contribution in [1.82, 2.24) is 0 Å². The molecule has 46 heavy (non-hydrogen) atoms. The van der Waals surface area contributed by atoms with E-state index in [-0.39, 0.29) is 6.61 Å². The van der Waals surface area contributed by atoms with Crippen LogP contribution in [0.1, 0.15) is 49.2 Å². The number of hydrogen-bond donors (Lipinski definition) is 0. The second kappa shape index (κ2) is 15.9. The predicted octanol–water partition coefficient (Wildman–Crippen LogP) is 4.68. The topological polar surface area (TPSA) is 141 Å². The van der Waals surface area contributed by atoms with E-state index in [2.05, 4.69) is 0 Å². The van der Waals surface area contributed by atoms with Crippen LogP contribution in [0.4, 0.5) is 0 Å². The number of thioether (sulfide) groups is 1. The van der Waals surface area contributed by atoms with Crippen LogP contribution in [0.2, 0.25) is 0 Å². The van der Waals surface area contributed by atoms with Crippen LogP contribution in [-0.4, -0.2) is 65.5 Å². The summed E-state index contributed by atoms with van der Waals surface area (Å²) in [6.45, 7) is 4.62. The number of esters is 5. The molecule has 1 aliphatic rings. The number of ether oxygens (including phenoxy) is 6. The van der Waals surface area contributed by atoms with E-state index < -0.39 is 58.8 Å². The van der Waals surface area contributed by atoms with Crippen molar-refractivity contribution in [2.45, 2.75) is 63.1 Å². The maximum absolute atomic E-state index is 12.4. The number of hydrogen-bond acceptors (Lipinski definition) is 12. The highest BCUT2D eigenvalue weighted by Crippen LogP contribution is 2.40. The van der Waals surface area contributed by atoms with Gasteiger partial charge < -0.3 is 28.4 Å². The zero-order chi connectivity index (χ0) is 33.2. The van der Waals surface area contributed by atoms with E-state index in [9.17, 15) is 24.0 Å². The molecule has 0 saturated carbocycles. The maximum atomic E-state index is 12.4. The minimum Gasteiger partial charge on any atom is -0.475 e. The molecule has 1 heterocycles. The molecular formula is C34H34O11S. The fourth-order valence-electron chi connectivity index (χ4n) is 4.81. The average Bonchev–Trinajstić information content (AvgIpc) is 3.00. The summed E-state index contributed by atoms with van der Waals surface area (Å²) in [5.41, 5.74) is 1.15. The van der Waals surface area contributed by atoms with Crippen LogP contribution in [0, 0.1) is 0 Å². The maximum Gasteiger partial charge on any atom is 0.343 e. The molecule has 1 aliphatic heterocycles. The molecule has 1 saturated heterocycles. The molecule has 5 atom stereocenters. The number of benzene rings is 3. The highest BCUT2D eigenvalue weighted by Gasteiger charge is 2.53. The van der Waals surface area contributed by atoms with Crippen LogP contribution in [0.3, 0.4) is 0 Å². The number of para-hydroxylation sites is 1. The van der Waals surface area contributed by atoms with E-state index in [0.29, 0.717) is 23.5 Å². The van der Waals surface area contributed by atoms with Gasteiger partial charge in [-0.15, -0.1) is 11.8 Å². The Balaban J connectivity index is 1.58. The van der Waals surface area contributed by atoms with Gasteiger partial charge in [0.2, 0.25) is 0 Å². The molecule has 0 amide bonds. The molecule has 242 valence electrons. The van der Waals surface area contributed by atoms with Gasteiger partial charge in [0.15, 0.2) is 23.7 Å². The summed E-state index contributed by atoms with van der Waals surface area (Å²) in [5.74, 6) is -2.21. The molecule has 11 nitrogen and oxygen atoms in total. The van der Waals surface area contributed by atoms with Gasteiger partial charge in [0.25, 0.3) is 0 Å². The van der Waals surface area contributed by atoms with Crippen molar-refractivity contribution in [1.29, 1.82) is 0 Å². The lowest BCUT2D eigenvalue weighted by atomic mass is 10.0. The molecule has 12 heteroatoms. The van der Waals surface area contributed by atoms with Crippen molar-refractivity contribution in [3.05, 3.63) is 95.6 Å². The lowest BCUT2D eigenvalue weighted by Crippen LogP contribution is -2.59. The summed E-state index contributed by atoms with van der Waals surface area (Å²) < 4.78 is 33.8. The van der Waals surface area contributed by atoms with Gasteiger partial charge in [0.1, 0.15) is 18.1 Å². The summed E-state index contributed by atoms with van der Waals surface area (Å²) in [6, 6.07) is 23.0. The molecule has 0 unspecified atom stereocenters. The fraction of sp³-hybridized carbons (Fsp3) is 0.324. The molecule has 4 rings (SSSR count). The van der Waals surface area contributed by atoms with Gasteiger partial charge in [-0.2, -0.15) is 0 Å². The molecule has 3 aromatic carbocycles. The largest absolute Gasteiger partial charge is 0.475 e. The zero-order valence-corrected chi connectivity index (χ0v) is 26.5. The first-order valence-corrected chi connectivity index (χ1v) is 15.4. The fourth-order valence-corrected chi connectivity index (χ4v) is 6.19. The highest BCUT2D eigenvalue weighted by molar-refractivity contribution is 8.00. The summed E-state index contributed by atoms with van der Waals surface area (Å²) in [5, 5.41) is -0.729. The lowest BCUT2D eigenvalue weighted by molar-refractivity contribution is -0.190. The summed E-state index contributed by atoms with van der Waals surface area (Å²) in [4.78, 5) is 60.5. The number of rotatable bonds is 11. The summed E-state index contributed by atoms with van der Waals surface area (Å²) in [6.07, 6.45) is -3.12. The van der Waals surface area contributed by atoms with E-state index in [1.807, 2.05) is 30.3 Å². The van der Waals surface area contributed by atoms with Crippen molar-refractivity contribution in [2.75, 3.05) is 6.61 Å². The predicted molar refractivity (Wildman–Crippen MR) is 166 cm³/mol. The molecule has 0 aromatic heterocycles. The van der Waals surface area contributed by atoms with E-state index in [0.717, 1.165) is 22.9 Å². The first-order valence-electron chi connectivity index (χ1n) is 14.4. The van der Waals surface area contributed by atoms with Crippen molar-refractivity contribution >= 4 is 41.6 Å². The first kappa shape index (κ1) is 34.0. The molecule has 0 aliphatic carbocycles. The van der Waals surface area contributed by atoms with Crippen LogP contribution in [0.25, 0.3) is 0 Å². The van der Waals surface area contributed by atoms with Crippen molar-refractivity contribution in [3.63, 3.8) is 0 Å². The van der Waals surface area contributed by atoms with E-state index >= 15 is 0 Å². The van der Waals surface area contributed by atoms with Crippen LogP contribution in [-0.2, 0) is 44.5 Å².